The first-order chi connectivity index (χ1) is 17.5. The van der Waals surface area contributed by atoms with E-state index in [9.17, 15) is 14.7 Å². The van der Waals surface area contributed by atoms with Gasteiger partial charge in [-0.3, -0.25) is 9.69 Å². The number of rotatable bonds is 4. The molecule has 2 aromatic carbocycles. The number of hydrogen-bond acceptors (Lipinski definition) is 5. The highest BCUT2D eigenvalue weighted by Gasteiger charge is 2.34. The lowest BCUT2D eigenvalue weighted by Crippen LogP contribution is -2.47. The molecule has 37 heavy (non-hydrogen) atoms. The van der Waals surface area contributed by atoms with Gasteiger partial charge in [-0.1, -0.05) is 30.2 Å². The minimum atomic E-state index is -0.794. The van der Waals surface area contributed by atoms with Crippen molar-refractivity contribution in [3.05, 3.63) is 58.1 Å². The maximum Gasteiger partial charge on any atom is 0.419 e. The lowest BCUT2D eigenvalue weighted by molar-refractivity contribution is -0.124. The van der Waals surface area contributed by atoms with Crippen molar-refractivity contribution in [2.75, 3.05) is 7.05 Å². The van der Waals surface area contributed by atoms with Crippen molar-refractivity contribution in [2.24, 2.45) is 0 Å². The summed E-state index contributed by atoms with van der Waals surface area (Å²) in [6, 6.07) is 11.4. The molecule has 1 aliphatic heterocycles. The summed E-state index contributed by atoms with van der Waals surface area (Å²) >= 11 is 6.39. The molecule has 196 valence electrons. The fraction of sp³-hybridized carbons (Fsp3) is 0.448. The fourth-order valence-corrected chi connectivity index (χ4v) is 5.74. The number of carbonyl (C=O) groups excluding carboxylic acids is 2. The third-order valence-electron chi connectivity index (χ3n) is 7.41. The highest BCUT2D eigenvalue weighted by molar-refractivity contribution is 6.32. The Balaban J connectivity index is 1.60. The number of ether oxygens (including phenoxy) is 1. The zero-order valence-corrected chi connectivity index (χ0v) is 22.6. The van der Waals surface area contributed by atoms with Crippen LogP contribution in [0.25, 0.3) is 22.2 Å². The van der Waals surface area contributed by atoms with E-state index in [1.165, 1.54) is 4.57 Å². The van der Waals surface area contributed by atoms with Crippen LogP contribution < -0.4 is 5.32 Å². The molecule has 5 rings (SSSR count). The number of aliphatic hydroxyl groups is 1. The predicted molar refractivity (Wildman–Crippen MR) is 145 cm³/mol. The lowest BCUT2D eigenvalue weighted by Gasteiger charge is -2.40. The molecule has 3 aromatic rings. The Morgan fingerprint density at radius 3 is 2.59 bits per heavy atom. The number of carbonyl (C=O) groups is 2. The van der Waals surface area contributed by atoms with E-state index in [1.54, 1.807) is 12.1 Å². The molecule has 0 unspecified atom stereocenters. The second-order valence-corrected chi connectivity index (χ2v) is 11.7. The fourth-order valence-electron chi connectivity index (χ4n) is 5.51. The molecule has 7 nitrogen and oxygen atoms in total. The molecule has 0 saturated heterocycles. The SMILES string of the molecule is CN(Cc1ccc2c(c1)cc(-c1ccc(Cl)c3c1C(=O)NC3)n2C(=O)OC(C)(C)C)C1(O)CCCCC1. The van der Waals surface area contributed by atoms with E-state index in [4.69, 9.17) is 16.3 Å². The van der Waals surface area contributed by atoms with E-state index in [2.05, 4.69) is 5.32 Å². The van der Waals surface area contributed by atoms with Gasteiger partial charge in [-0.15, -0.1) is 0 Å². The highest BCUT2D eigenvalue weighted by Crippen LogP contribution is 2.38. The molecule has 1 saturated carbocycles. The number of amides is 1. The number of nitrogens with zero attached hydrogens (tertiary/aromatic N) is 2. The number of benzene rings is 2. The second kappa shape index (κ2) is 9.46. The Morgan fingerprint density at radius 2 is 1.89 bits per heavy atom. The van der Waals surface area contributed by atoms with Crippen molar-refractivity contribution in [1.82, 2.24) is 14.8 Å². The minimum absolute atomic E-state index is 0.212. The Hall–Kier alpha value is -2.87. The van der Waals surface area contributed by atoms with Gasteiger partial charge >= 0.3 is 6.09 Å². The lowest BCUT2D eigenvalue weighted by atomic mass is 9.90. The van der Waals surface area contributed by atoms with Crippen molar-refractivity contribution in [1.29, 1.82) is 0 Å². The van der Waals surface area contributed by atoms with Crippen LogP contribution in [0.5, 0.6) is 0 Å². The molecule has 2 heterocycles. The van der Waals surface area contributed by atoms with Crippen molar-refractivity contribution in [2.45, 2.75) is 77.3 Å². The summed E-state index contributed by atoms with van der Waals surface area (Å²) in [5.74, 6) is -0.212. The molecule has 0 atom stereocenters. The molecule has 2 N–H and O–H groups in total. The van der Waals surface area contributed by atoms with Crippen LogP contribution in [0.3, 0.4) is 0 Å². The van der Waals surface area contributed by atoms with Crippen molar-refractivity contribution in [3.63, 3.8) is 0 Å². The van der Waals surface area contributed by atoms with Crippen LogP contribution in [0.4, 0.5) is 4.79 Å². The molecule has 0 bridgehead atoms. The molecule has 0 spiro atoms. The summed E-state index contributed by atoms with van der Waals surface area (Å²) < 4.78 is 7.31. The van der Waals surface area contributed by atoms with Crippen LogP contribution in [0, 0.1) is 0 Å². The number of nitrogens with one attached hydrogen (secondary N) is 1. The normalized spacial score (nSPS) is 17.2. The van der Waals surface area contributed by atoms with Crippen molar-refractivity contribution < 1.29 is 19.4 Å². The Labute approximate surface area is 222 Å². The summed E-state index contributed by atoms with van der Waals surface area (Å²) in [7, 11) is 1.96. The van der Waals surface area contributed by atoms with Gasteiger partial charge < -0.3 is 15.2 Å². The van der Waals surface area contributed by atoms with Crippen LogP contribution in [-0.4, -0.2) is 44.9 Å². The van der Waals surface area contributed by atoms with Gasteiger partial charge in [-0.2, -0.15) is 0 Å². The van der Waals surface area contributed by atoms with E-state index in [0.29, 0.717) is 40.4 Å². The summed E-state index contributed by atoms with van der Waals surface area (Å²) in [5.41, 5.74) is 2.65. The highest BCUT2D eigenvalue weighted by atomic mass is 35.5. The third kappa shape index (κ3) is 4.88. The van der Waals surface area contributed by atoms with Crippen LogP contribution in [-0.2, 0) is 17.8 Å². The molecule has 0 radical (unpaired) electrons. The summed E-state index contributed by atoms with van der Waals surface area (Å²) in [6.45, 7) is 6.42. The van der Waals surface area contributed by atoms with Gasteiger partial charge in [0.1, 0.15) is 11.3 Å². The molecule has 1 fully saturated rings. The standard InChI is InChI=1S/C29H34ClN3O4/c1-28(2,3)37-27(35)33-23-11-8-18(17-32(4)29(36)12-6-5-7-13-29)14-19(23)15-24(33)20-9-10-22(30)21-16-31-26(34)25(20)21/h8-11,14-15,36H,5-7,12-13,16-17H2,1-4H3,(H,31,34). The Bertz CT molecular complexity index is 1380. The zero-order chi connectivity index (χ0) is 26.5. The van der Waals surface area contributed by atoms with Gasteiger partial charge in [0.25, 0.3) is 5.91 Å². The van der Waals surface area contributed by atoms with Gasteiger partial charge in [-0.25, -0.2) is 9.36 Å². The molecular weight excluding hydrogens is 490 g/mol. The topological polar surface area (TPSA) is 83.8 Å². The Kier molecular flexibility index (Phi) is 6.59. The summed E-state index contributed by atoms with van der Waals surface area (Å²) in [5, 5.41) is 15.4. The van der Waals surface area contributed by atoms with Gasteiger partial charge in [0.15, 0.2) is 0 Å². The van der Waals surface area contributed by atoms with E-state index in [1.807, 2.05) is 57.0 Å². The molecule has 2 aliphatic rings. The van der Waals surface area contributed by atoms with Crippen LogP contribution in [0.1, 0.15) is 74.4 Å². The number of fused-ring (bicyclic) bond motifs is 2. The largest absolute Gasteiger partial charge is 0.443 e. The van der Waals surface area contributed by atoms with E-state index < -0.39 is 17.4 Å². The maximum atomic E-state index is 13.5. The maximum absolute atomic E-state index is 13.5. The summed E-state index contributed by atoms with van der Waals surface area (Å²) in [4.78, 5) is 28.3. The smallest absolute Gasteiger partial charge is 0.419 e. The van der Waals surface area contributed by atoms with Crippen LogP contribution in [0.15, 0.2) is 36.4 Å². The van der Waals surface area contributed by atoms with Gasteiger partial charge in [0.2, 0.25) is 0 Å². The third-order valence-corrected chi connectivity index (χ3v) is 7.77. The molecule has 1 aromatic heterocycles. The van der Waals surface area contributed by atoms with Crippen LogP contribution >= 0.6 is 11.6 Å². The van der Waals surface area contributed by atoms with Crippen molar-refractivity contribution >= 4 is 34.5 Å². The molecular formula is C29H34ClN3O4. The first-order valence-corrected chi connectivity index (χ1v) is 13.3. The Morgan fingerprint density at radius 1 is 1.16 bits per heavy atom. The number of hydrogen-bond donors (Lipinski definition) is 2. The minimum Gasteiger partial charge on any atom is -0.443 e. The number of aromatic nitrogens is 1. The molecule has 1 amide bonds. The zero-order valence-electron chi connectivity index (χ0n) is 21.9. The molecule has 8 heteroatoms. The van der Waals surface area contributed by atoms with Gasteiger partial charge in [0, 0.05) is 34.6 Å². The average Bonchev–Trinajstić information content (AvgIpc) is 3.40. The van der Waals surface area contributed by atoms with Crippen LogP contribution in [0.2, 0.25) is 5.02 Å². The molecule has 1 aliphatic carbocycles. The predicted octanol–water partition coefficient (Wildman–Crippen LogP) is 6.07. The van der Waals surface area contributed by atoms with Crippen molar-refractivity contribution in [3.8, 4) is 11.3 Å². The van der Waals surface area contributed by atoms with Gasteiger partial charge in [0.05, 0.1) is 16.8 Å². The first-order valence-electron chi connectivity index (χ1n) is 12.9. The van der Waals surface area contributed by atoms with E-state index >= 15 is 0 Å². The second-order valence-electron chi connectivity index (χ2n) is 11.3. The monoisotopic (exact) mass is 523 g/mol. The quantitative estimate of drug-likeness (QED) is 0.405. The van der Waals surface area contributed by atoms with Gasteiger partial charge in [-0.05, 0) is 83.3 Å². The first kappa shape index (κ1) is 25.8. The number of halogens is 1. The van der Waals surface area contributed by atoms with E-state index in [-0.39, 0.29) is 5.91 Å². The summed E-state index contributed by atoms with van der Waals surface area (Å²) in [6.07, 6.45) is 4.25. The average molecular weight is 524 g/mol. The van der Waals surface area contributed by atoms with E-state index in [0.717, 1.165) is 48.6 Å².